The summed E-state index contributed by atoms with van der Waals surface area (Å²) in [6, 6.07) is 9.36. The lowest BCUT2D eigenvalue weighted by Crippen LogP contribution is -2.61. The van der Waals surface area contributed by atoms with E-state index in [4.69, 9.17) is 5.73 Å². The topological polar surface area (TPSA) is 96.2 Å². The molecule has 0 aliphatic heterocycles. The minimum Gasteiger partial charge on any atom is -0.352 e. The third-order valence-corrected chi connectivity index (χ3v) is 4.25. The van der Waals surface area contributed by atoms with Crippen molar-refractivity contribution in [2.45, 2.75) is 57.2 Å². The average Bonchev–Trinajstić information content (AvgIpc) is 3.00. The second kappa shape index (κ2) is 9.06. The van der Waals surface area contributed by atoms with E-state index in [1.165, 1.54) is 0 Å². The fourth-order valence-electron chi connectivity index (χ4n) is 2.90. The van der Waals surface area contributed by atoms with Gasteiger partial charge in [0, 0.05) is 18.6 Å². The van der Waals surface area contributed by atoms with E-state index in [0.717, 1.165) is 18.4 Å². The summed E-state index contributed by atoms with van der Waals surface area (Å²) in [5.74, 6) is -0.145. The summed E-state index contributed by atoms with van der Waals surface area (Å²) in [6.07, 6.45) is 3.17. The molecule has 0 bridgehead atoms. The number of rotatable bonds is 6. The fraction of sp³-hybridized carbons (Fsp3) is 0.556. The number of nitrogens with one attached hydrogen (secondary N) is 3. The minimum atomic E-state index is -0.827. The fourth-order valence-corrected chi connectivity index (χ4v) is 2.90. The number of amides is 3. The zero-order valence-corrected chi connectivity index (χ0v) is 15.7. The molecule has 0 unspecified atom stereocenters. The van der Waals surface area contributed by atoms with Crippen molar-refractivity contribution < 1.29 is 9.59 Å². The van der Waals surface area contributed by atoms with Gasteiger partial charge in [-0.15, -0.1) is 12.4 Å². The van der Waals surface area contributed by atoms with Crippen molar-refractivity contribution in [1.82, 2.24) is 16.0 Å². The van der Waals surface area contributed by atoms with Crippen molar-refractivity contribution in [2.75, 3.05) is 6.54 Å². The van der Waals surface area contributed by atoms with Gasteiger partial charge in [-0.2, -0.15) is 0 Å². The SMILES string of the molecule is CC(C)(N)CNC(=O)C1(NC(=O)NCc2ccccc2)CCCC1.Cl. The van der Waals surface area contributed by atoms with Crippen LogP contribution in [-0.2, 0) is 11.3 Å². The van der Waals surface area contributed by atoms with E-state index in [-0.39, 0.29) is 24.3 Å². The molecule has 1 aromatic carbocycles. The van der Waals surface area contributed by atoms with E-state index < -0.39 is 11.1 Å². The van der Waals surface area contributed by atoms with Gasteiger partial charge in [0.15, 0.2) is 0 Å². The number of benzene rings is 1. The largest absolute Gasteiger partial charge is 0.352 e. The molecule has 3 amide bonds. The van der Waals surface area contributed by atoms with Crippen LogP contribution in [-0.4, -0.2) is 29.6 Å². The molecule has 0 atom stereocenters. The summed E-state index contributed by atoms with van der Waals surface area (Å²) in [4.78, 5) is 24.9. The van der Waals surface area contributed by atoms with Crippen LogP contribution in [0.1, 0.15) is 45.1 Å². The van der Waals surface area contributed by atoms with Gasteiger partial charge in [0.2, 0.25) is 5.91 Å². The third kappa shape index (κ3) is 6.55. The molecule has 1 fully saturated rings. The molecule has 5 N–H and O–H groups in total. The first kappa shape index (κ1) is 21.3. The van der Waals surface area contributed by atoms with Crippen LogP contribution in [0, 0.1) is 0 Å². The Hall–Kier alpha value is -1.79. The number of hydrogen-bond donors (Lipinski definition) is 4. The molecular weight excluding hydrogens is 340 g/mol. The smallest absolute Gasteiger partial charge is 0.315 e. The highest BCUT2D eigenvalue weighted by atomic mass is 35.5. The number of carbonyl (C=O) groups is 2. The van der Waals surface area contributed by atoms with Gasteiger partial charge in [0.05, 0.1) is 0 Å². The average molecular weight is 369 g/mol. The van der Waals surface area contributed by atoms with Crippen molar-refractivity contribution in [1.29, 1.82) is 0 Å². The van der Waals surface area contributed by atoms with E-state index in [1.54, 1.807) is 0 Å². The van der Waals surface area contributed by atoms with Crippen LogP contribution in [0.5, 0.6) is 0 Å². The molecule has 0 radical (unpaired) electrons. The lowest BCUT2D eigenvalue weighted by atomic mass is 9.95. The molecule has 7 heteroatoms. The number of hydrogen-bond acceptors (Lipinski definition) is 3. The Morgan fingerprint density at radius 1 is 1.12 bits per heavy atom. The number of halogens is 1. The summed E-state index contributed by atoms with van der Waals surface area (Å²) in [5, 5.41) is 8.60. The van der Waals surface area contributed by atoms with Gasteiger partial charge < -0.3 is 21.7 Å². The van der Waals surface area contributed by atoms with E-state index in [2.05, 4.69) is 16.0 Å². The quantitative estimate of drug-likeness (QED) is 0.619. The highest BCUT2D eigenvalue weighted by Gasteiger charge is 2.42. The van der Waals surface area contributed by atoms with Crippen LogP contribution < -0.4 is 21.7 Å². The molecule has 1 saturated carbocycles. The maximum Gasteiger partial charge on any atom is 0.315 e. The Balaban J connectivity index is 0.00000312. The lowest BCUT2D eigenvalue weighted by molar-refractivity contribution is -0.127. The minimum absolute atomic E-state index is 0. The Morgan fingerprint density at radius 2 is 1.72 bits per heavy atom. The Morgan fingerprint density at radius 3 is 2.28 bits per heavy atom. The van der Waals surface area contributed by atoms with Crippen LogP contribution in [0.25, 0.3) is 0 Å². The number of nitrogens with two attached hydrogens (primary N) is 1. The molecular formula is C18H29ClN4O2. The number of carbonyl (C=O) groups excluding carboxylic acids is 2. The summed E-state index contributed by atoms with van der Waals surface area (Å²) in [7, 11) is 0. The van der Waals surface area contributed by atoms with Crippen molar-refractivity contribution >= 4 is 24.3 Å². The Bertz CT molecular complexity index is 566. The van der Waals surface area contributed by atoms with Crippen LogP contribution >= 0.6 is 12.4 Å². The van der Waals surface area contributed by atoms with Gasteiger partial charge in [-0.25, -0.2) is 4.79 Å². The van der Waals surface area contributed by atoms with Crippen molar-refractivity contribution in [3.05, 3.63) is 35.9 Å². The highest BCUT2D eigenvalue weighted by Crippen LogP contribution is 2.30. The molecule has 0 spiro atoms. The monoisotopic (exact) mass is 368 g/mol. The summed E-state index contributed by atoms with van der Waals surface area (Å²) >= 11 is 0. The molecule has 1 aliphatic carbocycles. The van der Waals surface area contributed by atoms with Crippen LogP contribution in [0.2, 0.25) is 0 Å². The molecule has 0 aromatic heterocycles. The second-order valence-electron chi connectivity index (χ2n) is 7.25. The molecule has 1 aromatic rings. The van der Waals surface area contributed by atoms with Gasteiger partial charge in [0.1, 0.15) is 5.54 Å². The molecule has 2 rings (SSSR count). The van der Waals surface area contributed by atoms with Gasteiger partial charge in [-0.05, 0) is 32.3 Å². The molecule has 1 aliphatic rings. The highest BCUT2D eigenvalue weighted by molar-refractivity contribution is 5.91. The van der Waals surface area contributed by atoms with Gasteiger partial charge in [-0.1, -0.05) is 43.2 Å². The van der Waals surface area contributed by atoms with Crippen molar-refractivity contribution in [3.63, 3.8) is 0 Å². The van der Waals surface area contributed by atoms with Gasteiger partial charge >= 0.3 is 6.03 Å². The second-order valence-corrected chi connectivity index (χ2v) is 7.25. The zero-order chi connectivity index (χ0) is 17.6. The standard InChI is InChI=1S/C18H28N4O2.ClH/c1-17(2,19)13-21-15(23)18(10-6-7-11-18)22-16(24)20-12-14-8-4-3-5-9-14;/h3-5,8-9H,6-7,10-13,19H2,1-2H3,(H,21,23)(H2,20,22,24);1H. The van der Waals surface area contributed by atoms with E-state index in [9.17, 15) is 9.59 Å². The summed E-state index contributed by atoms with van der Waals surface area (Å²) in [5.41, 5.74) is 5.63. The number of urea groups is 1. The summed E-state index contributed by atoms with van der Waals surface area (Å²) < 4.78 is 0. The Labute approximate surface area is 155 Å². The van der Waals surface area contributed by atoms with E-state index in [1.807, 2.05) is 44.2 Å². The van der Waals surface area contributed by atoms with Gasteiger partial charge in [0.25, 0.3) is 0 Å². The first-order valence-corrected chi connectivity index (χ1v) is 8.48. The van der Waals surface area contributed by atoms with Crippen LogP contribution in [0.4, 0.5) is 4.79 Å². The molecule has 0 saturated heterocycles. The zero-order valence-electron chi connectivity index (χ0n) is 14.9. The maximum absolute atomic E-state index is 12.6. The first-order valence-electron chi connectivity index (χ1n) is 8.48. The lowest BCUT2D eigenvalue weighted by Gasteiger charge is -2.30. The predicted molar refractivity (Wildman–Crippen MR) is 102 cm³/mol. The Kier molecular flexibility index (Phi) is 7.70. The predicted octanol–water partition coefficient (Wildman–Crippen LogP) is 2.07. The van der Waals surface area contributed by atoms with E-state index >= 15 is 0 Å². The normalized spacial score (nSPS) is 15.8. The molecule has 25 heavy (non-hydrogen) atoms. The third-order valence-electron chi connectivity index (χ3n) is 4.25. The van der Waals surface area contributed by atoms with Crippen LogP contribution in [0.3, 0.4) is 0 Å². The van der Waals surface area contributed by atoms with Crippen molar-refractivity contribution in [3.8, 4) is 0 Å². The van der Waals surface area contributed by atoms with Crippen molar-refractivity contribution in [2.24, 2.45) is 5.73 Å². The first-order chi connectivity index (χ1) is 11.3. The molecule has 0 heterocycles. The summed E-state index contributed by atoms with van der Waals surface area (Å²) in [6.45, 7) is 4.52. The van der Waals surface area contributed by atoms with E-state index in [0.29, 0.717) is 25.9 Å². The van der Waals surface area contributed by atoms with Gasteiger partial charge in [-0.3, -0.25) is 4.79 Å². The molecule has 6 nitrogen and oxygen atoms in total. The maximum atomic E-state index is 12.6. The molecule has 140 valence electrons. The van der Waals surface area contributed by atoms with Crippen LogP contribution in [0.15, 0.2) is 30.3 Å².